The van der Waals surface area contributed by atoms with E-state index < -0.39 is 54.6 Å². The van der Waals surface area contributed by atoms with Gasteiger partial charge in [-0.2, -0.15) is 0 Å². The van der Waals surface area contributed by atoms with Crippen LogP contribution >= 0.6 is 0 Å². The summed E-state index contributed by atoms with van der Waals surface area (Å²) in [6.07, 6.45) is -5.73. The second kappa shape index (κ2) is 11.6. The van der Waals surface area contributed by atoms with Gasteiger partial charge in [0.05, 0.1) is 6.61 Å². The van der Waals surface area contributed by atoms with Gasteiger partial charge in [0.15, 0.2) is 24.6 Å². The Kier molecular flexibility index (Phi) is 9.83. The van der Waals surface area contributed by atoms with Crippen LogP contribution in [0.2, 0.25) is 0 Å². The molecule has 5 atom stereocenters. The number of hydrogen-bond acceptors (Lipinski definition) is 11. The number of carbonyl (C=O) groups excluding carboxylic acids is 4. The van der Waals surface area contributed by atoms with E-state index in [1.165, 1.54) is 6.92 Å². The van der Waals surface area contributed by atoms with E-state index in [1.54, 1.807) is 0 Å². The van der Waals surface area contributed by atoms with Gasteiger partial charge in [0, 0.05) is 34.3 Å². The van der Waals surface area contributed by atoms with Gasteiger partial charge in [-0.15, -0.1) is 0 Å². The van der Waals surface area contributed by atoms with Crippen molar-refractivity contribution in [3.63, 3.8) is 0 Å². The van der Waals surface area contributed by atoms with Gasteiger partial charge in [0.2, 0.25) is 0 Å². The molecule has 1 N–H and O–H groups in total. The summed E-state index contributed by atoms with van der Waals surface area (Å²) in [6, 6.07) is 0. The molecule has 0 radical (unpaired) electrons. The van der Waals surface area contributed by atoms with E-state index in [9.17, 15) is 19.2 Å². The Morgan fingerprint density at radius 1 is 0.821 bits per heavy atom. The smallest absolute Gasteiger partial charge is 0.303 e. The Labute approximate surface area is 162 Å². The lowest BCUT2D eigenvalue weighted by atomic mass is 9.98. The zero-order chi connectivity index (χ0) is 21.3. The fourth-order valence-electron chi connectivity index (χ4n) is 2.59. The van der Waals surface area contributed by atoms with Crippen molar-refractivity contribution in [3.05, 3.63) is 0 Å². The van der Waals surface area contributed by atoms with E-state index in [0.29, 0.717) is 0 Å². The second-order valence-corrected chi connectivity index (χ2v) is 6.02. The number of aliphatic hydroxyl groups excluding tert-OH is 1. The first-order valence-corrected chi connectivity index (χ1v) is 8.68. The molecule has 11 nitrogen and oxygen atoms in total. The molecule has 1 aliphatic heterocycles. The third-order valence-electron chi connectivity index (χ3n) is 3.53. The molecule has 1 saturated heterocycles. The summed E-state index contributed by atoms with van der Waals surface area (Å²) in [7, 11) is 0. The summed E-state index contributed by atoms with van der Waals surface area (Å²) >= 11 is 0. The molecular weight excluding hydrogens is 380 g/mol. The van der Waals surface area contributed by atoms with Gasteiger partial charge in [-0.1, -0.05) is 0 Å². The average Bonchev–Trinajstić information content (AvgIpc) is 2.57. The van der Waals surface area contributed by atoms with Crippen molar-refractivity contribution in [3.8, 4) is 0 Å². The third kappa shape index (κ3) is 7.79. The maximum Gasteiger partial charge on any atom is 0.303 e. The highest BCUT2D eigenvalue weighted by Crippen LogP contribution is 2.30. The minimum Gasteiger partial charge on any atom is -0.463 e. The van der Waals surface area contributed by atoms with E-state index in [0.717, 1.165) is 20.8 Å². The predicted molar refractivity (Wildman–Crippen MR) is 89.6 cm³/mol. The van der Waals surface area contributed by atoms with E-state index in [2.05, 4.69) is 0 Å². The van der Waals surface area contributed by atoms with Crippen molar-refractivity contribution in [2.75, 3.05) is 19.8 Å². The molecule has 28 heavy (non-hydrogen) atoms. The molecule has 1 rings (SSSR count). The normalized spacial score (nSPS) is 26.8. The van der Waals surface area contributed by atoms with Crippen molar-refractivity contribution < 1.29 is 52.7 Å². The highest BCUT2D eigenvalue weighted by Gasteiger charge is 2.52. The van der Waals surface area contributed by atoms with Crippen molar-refractivity contribution in [2.45, 2.75) is 64.8 Å². The molecule has 0 bridgehead atoms. The van der Waals surface area contributed by atoms with Gasteiger partial charge in [-0.05, 0) is 6.42 Å². The lowest BCUT2D eigenvalue weighted by Gasteiger charge is -2.44. The minimum atomic E-state index is -1.27. The van der Waals surface area contributed by atoms with Crippen molar-refractivity contribution in [1.82, 2.24) is 0 Å². The zero-order valence-corrected chi connectivity index (χ0v) is 16.2. The number of carbonyl (C=O) groups is 4. The standard InChI is InChI=1S/C17H26O11/c1-9(19)24-8-13-14(25-10(2)20)15(26-11(3)21)16(27-12(4)22)17(28-13)23-7-5-6-18/h13-18H,5-8H2,1-4H3. The van der Waals surface area contributed by atoms with Gasteiger partial charge in [-0.25, -0.2) is 0 Å². The first-order valence-electron chi connectivity index (χ1n) is 8.68. The molecule has 0 amide bonds. The third-order valence-corrected chi connectivity index (χ3v) is 3.53. The lowest BCUT2D eigenvalue weighted by molar-refractivity contribution is -0.308. The van der Waals surface area contributed by atoms with E-state index in [4.69, 9.17) is 33.5 Å². The van der Waals surface area contributed by atoms with Crippen LogP contribution in [0.15, 0.2) is 0 Å². The summed E-state index contributed by atoms with van der Waals surface area (Å²) in [4.78, 5) is 45.9. The Morgan fingerprint density at radius 2 is 1.36 bits per heavy atom. The molecule has 0 aromatic heterocycles. The zero-order valence-electron chi connectivity index (χ0n) is 16.2. The topological polar surface area (TPSA) is 144 Å². The summed E-state index contributed by atoms with van der Waals surface area (Å²) in [5.74, 6) is -2.74. The van der Waals surface area contributed by atoms with Crippen LogP contribution in [-0.4, -0.2) is 79.5 Å². The maximum atomic E-state index is 11.6. The fourth-order valence-corrected chi connectivity index (χ4v) is 2.59. The summed E-state index contributed by atoms with van der Waals surface area (Å²) in [5, 5.41) is 8.93. The summed E-state index contributed by atoms with van der Waals surface area (Å²) in [5.41, 5.74) is 0. The van der Waals surface area contributed by atoms with Crippen LogP contribution in [0.25, 0.3) is 0 Å². The molecule has 5 unspecified atom stereocenters. The average molecular weight is 406 g/mol. The monoisotopic (exact) mass is 406 g/mol. The molecule has 0 saturated carbocycles. The maximum absolute atomic E-state index is 11.6. The molecule has 1 aliphatic rings. The van der Waals surface area contributed by atoms with E-state index >= 15 is 0 Å². The molecule has 0 aliphatic carbocycles. The summed E-state index contributed by atoms with van der Waals surface area (Å²) in [6.45, 7) is 4.17. The molecule has 11 heteroatoms. The van der Waals surface area contributed by atoms with Crippen molar-refractivity contribution >= 4 is 23.9 Å². The quantitative estimate of drug-likeness (QED) is 0.300. The van der Waals surface area contributed by atoms with Crippen LogP contribution in [0.5, 0.6) is 0 Å². The van der Waals surface area contributed by atoms with Crippen molar-refractivity contribution in [1.29, 1.82) is 0 Å². The van der Waals surface area contributed by atoms with Gasteiger partial charge in [-0.3, -0.25) is 19.2 Å². The minimum absolute atomic E-state index is 0.0459. The Bertz CT molecular complexity index is 561. The SMILES string of the molecule is CC(=O)OCC1OC(OCCCO)C(OC(C)=O)C(OC(C)=O)C1OC(C)=O. The molecular formula is C17H26O11. The van der Waals surface area contributed by atoms with Gasteiger partial charge in [0.1, 0.15) is 12.7 Å². The van der Waals surface area contributed by atoms with Gasteiger partial charge >= 0.3 is 23.9 Å². The molecule has 1 fully saturated rings. The first-order chi connectivity index (χ1) is 13.1. The number of hydrogen-bond donors (Lipinski definition) is 1. The molecule has 1 heterocycles. The van der Waals surface area contributed by atoms with Crippen LogP contribution < -0.4 is 0 Å². The van der Waals surface area contributed by atoms with Crippen LogP contribution in [-0.2, 0) is 47.6 Å². The molecule has 0 aromatic rings. The van der Waals surface area contributed by atoms with E-state index in [-0.39, 0.29) is 26.2 Å². The van der Waals surface area contributed by atoms with Crippen LogP contribution in [0.1, 0.15) is 34.1 Å². The Balaban J connectivity index is 3.21. The van der Waals surface area contributed by atoms with Crippen molar-refractivity contribution in [2.24, 2.45) is 0 Å². The van der Waals surface area contributed by atoms with Gasteiger partial charge in [0.25, 0.3) is 0 Å². The lowest BCUT2D eigenvalue weighted by Crippen LogP contribution is -2.63. The first kappa shape index (κ1) is 23.8. The Morgan fingerprint density at radius 3 is 1.86 bits per heavy atom. The number of aliphatic hydroxyl groups is 1. The summed E-state index contributed by atoms with van der Waals surface area (Å²) < 4.78 is 31.8. The number of rotatable bonds is 9. The molecule has 160 valence electrons. The highest BCUT2D eigenvalue weighted by atomic mass is 16.7. The Hall–Kier alpha value is -2.24. The molecule has 0 aromatic carbocycles. The second-order valence-electron chi connectivity index (χ2n) is 6.02. The van der Waals surface area contributed by atoms with Crippen LogP contribution in [0.3, 0.4) is 0 Å². The van der Waals surface area contributed by atoms with Gasteiger partial charge < -0.3 is 33.5 Å². The molecule has 0 spiro atoms. The highest BCUT2D eigenvalue weighted by molar-refractivity contribution is 5.68. The number of esters is 4. The predicted octanol–water partition coefficient (Wildman–Crippen LogP) is -0.531. The van der Waals surface area contributed by atoms with Crippen LogP contribution in [0, 0.1) is 0 Å². The largest absolute Gasteiger partial charge is 0.463 e. The fraction of sp³-hybridized carbons (Fsp3) is 0.765. The van der Waals surface area contributed by atoms with E-state index in [1.807, 2.05) is 0 Å². The number of ether oxygens (including phenoxy) is 6. The van der Waals surface area contributed by atoms with Crippen LogP contribution in [0.4, 0.5) is 0 Å².